The van der Waals surface area contributed by atoms with Crippen LogP contribution in [0.1, 0.15) is 27.1 Å². The van der Waals surface area contributed by atoms with Gasteiger partial charge in [-0.1, -0.05) is 121 Å². The van der Waals surface area contributed by atoms with Crippen molar-refractivity contribution in [3.63, 3.8) is 0 Å². The van der Waals surface area contributed by atoms with Gasteiger partial charge in [0.2, 0.25) is 0 Å². The molecule has 1 heterocycles. The molecule has 0 aliphatic rings. The van der Waals surface area contributed by atoms with Crippen LogP contribution in [0.3, 0.4) is 0 Å². The lowest BCUT2D eigenvalue weighted by Crippen LogP contribution is -2.08. The third-order valence-electron chi connectivity index (χ3n) is 5.24. The second kappa shape index (κ2) is 11.3. The van der Waals surface area contributed by atoms with Crippen molar-refractivity contribution in [3.05, 3.63) is 139 Å². The number of Topliss-reactive ketones (excluding diaryl/α,β-unsaturated/α-hetero) is 2. The van der Waals surface area contributed by atoms with Crippen LogP contribution in [0.15, 0.2) is 127 Å². The van der Waals surface area contributed by atoms with E-state index in [0.717, 1.165) is 22.5 Å². The van der Waals surface area contributed by atoms with E-state index < -0.39 is 0 Å². The van der Waals surface area contributed by atoms with Crippen LogP contribution in [-0.2, 0) is 0 Å². The largest absolute Gasteiger partial charge is 0.294 e. The summed E-state index contributed by atoms with van der Waals surface area (Å²) in [5, 5.41) is 7.41. The number of H-pyrrole nitrogens is 1. The lowest BCUT2D eigenvalue weighted by Gasteiger charge is -2.00. The zero-order chi connectivity index (χ0) is 23.6. The van der Waals surface area contributed by atoms with E-state index in [1.165, 1.54) is 0 Å². The van der Waals surface area contributed by atoms with Crippen LogP contribution in [0.25, 0.3) is 22.5 Å². The molecule has 0 aliphatic heterocycles. The average molecular weight is 445 g/mol. The van der Waals surface area contributed by atoms with Crippen molar-refractivity contribution >= 4 is 11.6 Å². The van der Waals surface area contributed by atoms with Gasteiger partial charge in [0.15, 0.2) is 11.6 Å². The van der Waals surface area contributed by atoms with Crippen LogP contribution in [0.2, 0.25) is 0 Å². The number of carbonyl (C=O) groups is 2. The second-order valence-electron chi connectivity index (χ2n) is 7.65. The van der Waals surface area contributed by atoms with Crippen molar-refractivity contribution in [2.45, 2.75) is 6.42 Å². The molecule has 166 valence electrons. The Hall–Kier alpha value is -4.57. The molecule has 0 radical (unpaired) electrons. The summed E-state index contributed by atoms with van der Waals surface area (Å²) < 4.78 is 0. The van der Waals surface area contributed by atoms with Gasteiger partial charge in [0.1, 0.15) is 0 Å². The summed E-state index contributed by atoms with van der Waals surface area (Å²) in [5.74, 6) is -0.279. The molecule has 0 aliphatic carbocycles. The summed E-state index contributed by atoms with van der Waals surface area (Å²) in [6.45, 7) is 0. The monoisotopic (exact) mass is 444 g/mol. The van der Waals surface area contributed by atoms with Gasteiger partial charge in [0.05, 0.1) is 17.8 Å². The predicted molar refractivity (Wildman–Crippen MR) is 136 cm³/mol. The topological polar surface area (TPSA) is 62.8 Å². The van der Waals surface area contributed by atoms with E-state index in [9.17, 15) is 9.59 Å². The molecule has 0 saturated carbocycles. The standard InChI is InChI=1S/C15H12N2.C15H12O2/c1-3-7-12(8-4-1)14-11-15(17-16-14)13-9-5-2-6-10-13;16-14(12-7-3-1-4-8-12)11-15(17)13-9-5-2-6-10-13/h1-11H,(H,16,17);1-10H,11H2. The van der Waals surface area contributed by atoms with E-state index >= 15 is 0 Å². The Labute approximate surface area is 198 Å². The average Bonchev–Trinajstić information content (AvgIpc) is 3.42. The predicted octanol–water partition coefficient (Wildman–Crippen LogP) is 6.89. The molecule has 5 rings (SSSR count). The molecule has 0 atom stereocenters. The van der Waals surface area contributed by atoms with Crippen molar-refractivity contribution in [2.75, 3.05) is 0 Å². The highest BCUT2D eigenvalue weighted by Gasteiger charge is 2.12. The highest BCUT2D eigenvalue weighted by molar-refractivity contribution is 6.13. The van der Waals surface area contributed by atoms with Gasteiger partial charge in [-0.25, -0.2) is 0 Å². The molecule has 1 N–H and O–H groups in total. The normalized spacial score (nSPS) is 10.1. The maximum absolute atomic E-state index is 11.8. The van der Waals surface area contributed by atoms with Gasteiger partial charge in [-0.05, 0) is 11.6 Å². The van der Waals surface area contributed by atoms with Gasteiger partial charge in [0, 0.05) is 16.7 Å². The minimum atomic E-state index is -0.139. The van der Waals surface area contributed by atoms with E-state index in [0.29, 0.717) is 11.1 Å². The number of rotatable bonds is 6. The highest BCUT2D eigenvalue weighted by atomic mass is 16.1. The minimum absolute atomic E-state index is 0.0754. The van der Waals surface area contributed by atoms with E-state index in [-0.39, 0.29) is 18.0 Å². The van der Waals surface area contributed by atoms with Gasteiger partial charge in [-0.3, -0.25) is 14.7 Å². The first-order valence-corrected chi connectivity index (χ1v) is 11.0. The first kappa shape index (κ1) is 22.6. The van der Waals surface area contributed by atoms with Crippen LogP contribution in [0.4, 0.5) is 0 Å². The Morgan fingerprint density at radius 2 is 0.971 bits per heavy atom. The molecule has 4 aromatic carbocycles. The minimum Gasteiger partial charge on any atom is -0.294 e. The molecule has 0 amide bonds. The van der Waals surface area contributed by atoms with Crippen molar-refractivity contribution in [3.8, 4) is 22.5 Å². The van der Waals surface area contributed by atoms with E-state index in [2.05, 4.69) is 40.5 Å². The fourth-order valence-corrected chi connectivity index (χ4v) is 3.44. The van der Waals surface area contributed by atoms with E-state index in [1.54, 1.807) is 48.5 Å². The number of benzene rings is 4. The van der Waals surface area contributed by atoms with Crippen molar-refractivity contribution in [2.24, 2.45) is 0 Å². The SMILES string of the molecule is O=C(CC(=O)c1ccccc1)c1ccccc1.c1ccc(-c2cc(-c3ccccc3)[nH]n2)cc1. The third-order valence-corrected chi connectivity index (χ3v) is 5.24. The number of hydrogen-bond donors (Lipinski definition) is 1. The lowest BCUT2D eigenvalue weighted by atomic mass is 10.0. The smallest absolute Gasteiger partial charge is 0.170 e. The van der Waals surface area contributed by atoms with Crippen LogP contribution in [-0.4, -0.2) is 21.8 Å². The number of nitrogens with one attached hydrogen (secondary N) is 1. The zero-order valence-corrected chi connectivity index (χ0v) is 18.6. The summed E-state index contributed by atoms with van der Waals surface area (Å²) in [4.78, 5) is 23.6. The molecule has 4 nitrogen and oxygen atoms in total. The number of aromatic nitrogens is 2. The highest BCUT2D eigenvalue weighted by Crippen LogP contribution is 2.23. The van der Waals surface area contributed by atoms with Gasteiger partial charge in [-0.15, -0.1) is 0 Å². The van der Waals surface area contributed by atoms with Gasteiger partial charge in [-0.2, -0.15) is 5.10 Å². The summed E-state index contributed by atoms with van der Waals surface area (Å²) in [7, 11) is 0. The van der Waals surface area contributed by atoms with Gasteiger partial charge < -0.3 is 0 Å². The van der Waals surface area contributed by atoms with E-state index in [4.69, 9.17) is 0 Å². The Balaban J connectivity index is 0.000000161. The van der Waals surface area contributed by atoms with Crippen LogP contribution >= 0.6 is 0 Å². The fraction of sp³-hybridized carbons (Fsp3) is 0.0333. The van der Waals surface area contributed by atoms with Crippen LogP contribution in [0, 0.1) is 0 Å². The number of ketones is 2. The molecular weight excluding hydrogens is 420 g/mol. The van der Waals surface area contributed by atoms with Crippen LogP contribution in [0.5, 0.6) is 0 Å². The summed E-state index contributed by atoms with van der Waals surface area (Å²) in [6, 6.07) is 40.2. The first-order chi connectivity index (χ1) is 16.7. The Morgan fingerprint density at radius 1 is 0.559 bits per heavy atom. The first-order valence-electron chi connectivity index (χ1n) is 11.0. The fourth-order valence-electron chi connectivity index (χ4n) is 3.44. The number of nitrogens with zero attached hydrogens (tertiary/aromatic N) is 1. The number of aromatic amines is 1. The molecule has 0 saturated heterocycles. The maximum Gasteiger partial charge on any atom is 0.170 e. The van der Waals surface area contributed by atoms with Gasteiger partial charge in [0.25, 0.3) is 0 Å². The molecule has 0 bridgehead atoms. The maximum atomic E-state index is 11.8. The molecule has 4 heteroatoms. The molecule has 1 aromatic heterocycles. The second-order valence-corrected chi connectivity index (χ2v) is 7.65. The Kier molecular flexibility index (Phi) is 7.54. The summed E-state index contributed by atoms with van der Waals surface area (Å²) in [6.07, 6.45) is -0.0754. The van der Waals surface area contributed by atoms with Crippen molar-refractivity contribution in [1.29, 1.82) is 0 Å². The molecule has 0 unspecified atom stereocenters. The van der Waals surface area contributed by atoms with Crippen LogP contribution < -0.4 is 0 Å². The van der Waals surface area contributed by atoms with E-state index in [1.807, 2.05) is 48.5 Å². The number of carbonyl (C=O) groups excluding carboxylic acids is 2. The Morgan fingerprint density at radius 3 is 1.44 bits per heavy atom. The summed E-state index contributed by atoms with van der Waals surface area (Å²) >= 11 is 0. The number of hydrogen-bond acceptors (Lipinski definition) is 3. The molecule has 0 fully saturated rings. The molecule has 5 aromatic rings. The Bertz CT molecular complexity index is 1230. The molecule has 0 spiro atoms. The van der Waals surface area contributed by atoms with Crippen molar-refractivity contribution < 1.29 is 9.59 Å². The summed E-state index contributed by atoms with van der Waals surface area (Å²) in [5.41, 5.74) is 5.47. The molecule has 34 heavy (non-hydrogen) atoms. The third kappa shape index (κ3) is 6.02. The quantitative estimate of drug-likeness (QED) is 0.229. The van der Waals surface area contributed by atoms with Crippen molar-refractivity contribution in [1.82, 2.24) is 10.2 Å². The molecular formula is C30H24N2O2. The lowest BCUT2D eigenvalue weighted by molar-refractivity contribution is 0.0894. The zero-order valence-electron chi connectivity index (χ0n) is 18.6. The van der Waals surface area contributed by atoms with Gasteiger partial charge >= 0.3 is 0 Å².